The zero-order chi connectivity index (χ0) is 16.5. The number of hydrogen-bond acceptors (Lipinski definition) is 2. The molecule has 24 heavy (non-hydrogen) atoms. The first-order valence-electron chi connectivity index (χ1n) is 7.77. The molecule has 3 nitrogen and oxygen atoms in total. The summed E-state index contributed by atoms with van der Waals surface area (Å²) < 4.78 is 0. The Labute approximate surface area is 140 Å². The van der Waals surface area contributed by atoms with Crippen LogP contribution in [-0.4, -0.2) is 11.9 Å². The number of benzene rings is 3. The SMILES string of the molecule is N#CC1C=Cc2ccccc2N1C(=O)c1ccc2ccccc2c1. The molecule has 0 saturated carbocycles. The molecule has 0 saturated heterocycles. The van der Waals surface area contributed by atoms with E-state index in [9.17, 15) is 10.1 Å². The summed E-state index contributed by atoms with van der Waals surface area (Å²) in [6.45, 7) is 0. The van der Waals surface area contributed by atoms with Crippen LogP contribution in [0.1, 0.15) is 15.9 Å². The van der Waals surface area contributed by atoms with Gasteiger partial charge in [-0.1, -0.05) is 54.6 Å². The van der Waals surface area contributed by atoms with Gasteiger partial charge in [0.05, 0.1) is 11.8 Å². The Morgan fingerprint density at radius 1 is 0.958 bits per heavy atom. The van der Waals surface area contributed by atoms with E-state index >= 15 is 0 Å². The van der Waals surface area contributed by atoms with Gasteiger partial charge < -0.3 is 0 Å². The van der Waals surface area contributed by atoms with Crippen molar-refractivity contribution in [2.45, 2.75) is 6.04 Å². The quantitative estimate of drug-likeness (QED) is 0.668. The van der Waals surface area contributed by atoms with Gasteiger partial charge in [0, 0.05) is 5.56 Å². The van der Waals surface area contributed by atoms with Gasteiger partial charge in [0.15, 0.2) is 0 Å². The summed E-state index contributed by atoms with van der Waals surface area (Å²) in [5, 5.41) is 11.6. The number of nitrogens with zero attached hydrogens (tertiary/aromatic N) is 2. The van der Waals surface area contributed by atoms with Crippen LogP contribution in [0.5, 0.6) is 0 Å². The molecule has 0 bridgehead atoms. The number of para-hydroxylation sites is 1. The van der Waals surface area contributed by atoms with Crippen LogP contribution >= 0.6 is 0 Å². The predicted molar refractivity (Wildman–Crippen MR) is 95.6 cm³/mol. The predicted octanol–water partition coefficient (Wildman–Crippen LogP) is 4.41. The van der Waals surface area contributed by atoms with Crippen LogP contribution in [-0.2, 0) is 0 Å². The number of rotatable bonds is 1. The third-order valence-electron chi connectivity index (χ3n) is 4.28. The van der Waals surface area contributed by atoms with Gasteiger partial charge in [0.25, 0.3) is 5.91 Å². The van der Waals surface area contributed by atoms with Crippen LogP contribution in [0, 0.1) is 11.3 Å². The second-order valence-electron chi connectivity index (χ2n) is 5.73. The van der Waals surface area contributed by atoms with E-state index in [1.807, 2.05) is 72.8 Å². The van der Waals surface area contributed by atoms with Crippen molar-refractivity contribution in [3.8, 4) is 6.07 Å². The zero-order valence-electron chi connectivity index (χ0n) is 12.9. The molecule has 1 unspecified atom stereocenters. The summed E-state index contributed by atoms with van der Waals surface area (Å²) in [7, 11) is 0. The molecular weight excluding hydrogens is 296 g/mol. The lowest BCUT2D eigenvalue weighted by atomic mass is 10.0. The van der Waals surface area contributed by atoms with Crippen molar-refractivity contribution >= 4 is 28.4 Å². The lowest BCUT2D eigenvalue weighted by molar-refractivity contribution is 0.0985. The van der Waals surface area contributed by atoms with Gasteiger partial charge in [-0.05, 0) is 40.6 Å². The largest absolute Gasteiger partial charge is 0.288 e. The molecule has 0 spiro atoms. The lowest BCUT2D eigenvalue weighted by Crippen LogP contribution is -2.40. The van der Waals surface area contributed by atoms with Crippen molar-refractivity contribution in [1.29, 1.82) is 5.26 Å². The Morgan fingerprint density at radius 3 is 2.54 bits per heavy atom. The monoisotopic (exact) mass is 310 g/mol. The van der Waals surface area contributed by atoms with Gasteiger partial charge in [0.1, 0.15) is 6.04 Å². The average Bonchev–Trinajstić information content (AvgIpc) is 2.66. The molecule has 3 aromatic rings. The van der Waals surface area contributed by atoms with Crippen molar-refractivity contribution in [3.63, 3.8) is 0 Å². The molecule has 4 rings (SSSR count). The molecule has 1 atom stereocenters. The maximum Gasteiger partial charge on any atom is 0.259 e. The van der Waals surface area contributed by atoms with Crippen LogP contribution in [0.3, 0.4) is 0 Å². The van der Waals surface area contributed by atoms with Gasteiger partial charge in [0.2, 0.25) is 0 Å². The van der Waals surface area contributed by atoms with Crippen molar-refractivity contribution in [3.05, 3.63) is 83.9 Å². The normalized spacial score (nSPS) is 15.8. The number of anilines is 1. The third-order valence-corrected chi connectivity index (χ3v) is 4.28. The lowest BCUT2D eigenvalue weighted by Gasteiger charge is -2.30. The summed E-state index contributed by atoms with van der Waals surface area (Å²) in [5.74, 6) is -0.163. The van der Waals surface area contributed by atoms with E-state index in [-0.39, 0.29) is 5.91 Å². The fourth-order valence-corrected chi connectivity index (χ4v) is 3.08. The molecule has 1 heterocycles. The fraction of sp³-hybridized carbons (Fsp3) is 0.0476. The summed E-state index contributed by atoms with van der Waals surface area (Å²) >= 11 is 0. The topological polar surface area (TPSA) is 44.1 Å². The minimum absolute atomic E-state index is 0.163. The highest BCUT2D eigenvalue weighted by molar-refractivity contribution is 6.10. The van der Waals surface area contributed by atoms with E-state index in [0.717, 1.165) is 22.0 Å². The van der Waals surface area contributed by atoms with E-state index in [0.29, 0.717) is 5.56 Å². The van der Waals surface area contributed by atoms with Gasteiger partial charge in [-0.2, -0.15) is 5.26 Å². The Balaban J connectivity index is 1.82. The molecule has 0 aromatic heterocycles. The second-order valence-corrected chi connectivity index (χ2v) is 5.73. The van der Waals surface area contributed by atoms with Crippen LogP contribution in [0.25, 0.3) is 16.8 Å². The van der Waals surface area contributed by atoms with Gasteiger partial charge in [-0.3, -0.25) is 9.69 Å². The molecule has 3 aromatic carbocycles. The summed E-state index contributed by atoms with van der Waals surface area (Å²) in [6, 6.07) is 22.8. The summed E-state index contributed by atoms with van der Waals surface area (Å²) in [6.07, 6.45) is 3.66. The fourth-order valence-electron chi connectivity index (χ4n) is 3.08. The highest BCUT2D eigenvalue weighted by Gasteiger charge is 2.28. The maximum atomic E-state index is 13.1. The molecule has 0 N–H and O–H groups in total. The minimum atomic E-state index is -0.598. The van der Waals surface area contributed by atoms with Crippen molar-refractivity contribution in [2.24, 2.45) is 0 Å². The first-order valence-corrected chi connectivity index (χ1v) is 7.77. The van der Waals surface area contributed by atoms with E-state index < -0.39 is 6.04 Å². The standard InChI is InChI=1S/C21H14N2O/c22-14-19-12-11-16-6-3-4-8-20(16)23(19)21(24)18-10-9-15-5-1-2-7-17(15)13-18/h1-13,19H. The zero-order valence-corrected chi connectivity index (χ0v) is 12.9. The van der Waals surface area contributed by atoms with E-state index in [4.69, 9.17) is 0 Å². The molecule has 0 aliphatic carbocycles. The molecule has 0 fully saturated rings. The van der Waals surface area contributed by atoms with E-state index in [1.54, 1.807) is 11.0 Å². The van der Waals surface area contributed by atoms with E-state index in [1.165, 1.54) is 0 Å². The van der Waals surface area contributed by atoms with Gasteiger partial charge >= 0.3 is 0 Å². The van der Waals surface area contributed by atoms with Crippen LogP contribution < -0.4 is 4.90 Å². The molecule has 1 amide bonds. The number of nitriles is 1. The Hall–Kier alpha value is -3.38. The van der Waals surface area contributed by atoms with Gasteiger partial charge in [-0.25, -0.2) is 0 Å². The number of carbonyl (C=O) groups is 1. The van der Waals surface area contributed by atoms with E-state index in [2.05, 4.69) is 6.07 Å². The van der Waals surface area contributed by atoms with Crippen molar-refractivity contribution < 1.29 is 4.79 Å². The third kappa shape index (κ3) is 2.26. The summed E-state index contributed by atoms with van der Waals surface area (Å²) in [5.41, 5.74) is 2.29. The van der Waals surface area contributed by atoms with Crippen molar-refractivity contribution in [1.82, 2.24) is 0 Å². The molecule has 3 heteroatoms. The second kappa shape index (κ2) is 5.68. The van der Waals surface area contributed by atoms with Crippen molar-refractivity contribution in [2.75, 3.05) is 4.90 Å². The molecule has 1 aliphatic rings. The Bertz CT molecular complexity index is 1010. The number of fused-ring (bicyclic) bond motifs is 2. The molecule has 0 radical (unpaired) electrons. The average molecular weight is 310 g/mol. The van der Waals surface area contributed by atoms with Crippen LogP contribution in [0.2, 0.25) is 0 Å². The highest BCUT2D eigenvalue weighted by atomic mass is 16.2. The number of hydrogen-bond donors (Lipinski definition) is 0. The number of carbonyl (C=O) groups excluding carboxylic acids is 1. The minimum Gasteiger partial charge on any atom is -0.288 e. The first kappa shape index (κ1) is 14.2. The summed E-state index contributed by atoms with van der Waals surface area (Å²) in [4.78, 5) is 14.7. The molecular formula is C21H14N2O. The molecule has 1 aliphatic heterocycles. The maximum absolute atomic E-state index is 13.1. The van der Waals surface area contributed by atoms with Crippen LogP contribution in [0.15, 0.2) is 72.8 Å². The van der Waals surface area contributed by atoms with Gasteiger partial charge in [-0.15, -0.1) is 0 Å². The molecule has 114 valence electrons. The Kier molecular flexibility index (Phi) is 3.36. The highest BCUT2D eigenvalue weighted by Crippen LogP contribution is 2.30. The first-order chi connectivity index (χ1) is 11.8. The number of amides is 1. The smallest absolute Gasteiger partial charge is 0.259 e. The van der Waals surface area contributed by atoms with Crippen LogP contribution in [0.4, 0.5) is 5.69 Å². The Morgan fingerprint density at radius 2 is 1.71 bits per heavy atom.